The summed E-state index contributed by atoms with van der Waals surface area (Å²) in [7, 11) is -1.71. The summed E-state index contributed by atoms with van der Waals surface area (Å²) < 4.78 is 29.7. The van der Waals surface area contributed by atoms with Crippen molar-refractivity contribution in [3.8, 4) is 0 Å². The number of nitrogens with zero attached hydrogens (tertiary/aromatic N) is 3. The van der Waals surface area contributed by atoms with E-state index in [0.29, 0.717) is 23.1 Å². The van der Waals surface area contributed by atoms with Crippen LogP contribution in [0.15, 0.2) is 11.1 Å². The highest BCUT2D eigenvalue weighted by molar-refractivity contribution is 7.89. The number of fused-ring (bicyclic) bond motifs is 2. The lowest BCUT2D eigenvalue weighted by Gasteiger charge is -2.48. The molecule has 1 aromatic heterocycles. The van der Waals surface area contributed by atoms with Crippen molar-refractivity contribution in [2.24, 2.45) is 18.4 Å². The molecule has 1 saturated heterocycles. The molecule has 2 aliphatic rings. The molecule has 0 radical (unpaired) electrons. The van der Waals surface area contributed by atoms with Gasteiger partial charge < -0.3 is 0 Å². The molecule has 0 spiro atoms. The van der Waals surface area contributed by atoms with Gasteiger partial charge in [-0.1, -0.05) is 6.92 Å². The van der Waals surface area contributed by atoms with Crippen LogP contribution >= 0.6 is 0 Å². The highest BCUT2D eigenvalue weighted by Crippen LogP contribution is 2.54. The number of piperidine rings is 1. The number of sulfonamides is 1. The van der Waals surface area contributed by atoms with E-state index in [4.69, 9.17) is 0 Å². The number of hydrogen-bond acceptors (Lipinski definition) is 3. The number of rotatable bonds is 2. The van der Waals surface area contributed by atoms with Gasteiger partial charge in [0, 0.05) is 19.1 Å². The van der Waals surface area contributed by atoms with Gasteiger partial charge in [0.2, 0.25) is 10.0 Å². The van der Waals surface area contributed by atoms with Crippen LogP contribution in [0.4, 0.5) is 0 Å². The van der Waals surface area contributed by atoms with Gasteiger partial charge in [0.25, 0.3) is 0 Å². The van der Waals surface area contributed by atoms with Gasteiger partial charge in [-0.2, -0.15) is 9.40 Å². The molecule has 2 atom stereocenters. The highest BCUT2D eigenvalue weighted by Gasteiger charge is 2.55. The Morgan fingerprint density at radius 2 is 2.00 bits per heavy atom. The molecule has 21 heavy (non-hydrogen) atoms. The van der Waals surface area contributed by atoms with Crippen molar-refractivity contribution in [2.45, 2.75) is 57.4 Å². The Balaban J connectivity index is 2.08. The third kappa shape index (κ3) is 2.06. The Morgan fingerprint density at radius 1 is 1.33 bits per heavy atom. The van der Waals surface area contributed by atoms with E-state index in [9.17, 15) is 8.42 Å². The second-order valence-corrected chi connectivity index (χ2v) is 9.46. The normalized spacial score (nSPS) is 32.5. The second kappa shape index (κ2) is 4.32. The Labute approximate surface area is 127 Å². The van der Waals surface area contributed by atoms with Crippen LogP contribution < -0.4 is 0 Å². The van der Waals surface area contributed by atoms with Crippen LogP contribution in [0.5, 0.6) is 0 Å². The molecule has 2 fully saturated rings. The molecule has 0 amide bonds. The summed E-state index contributed by atoms with van der Waals surface area (Å²) in [4.78, 5) is 0.350. The average Bonchev–Trinajstić information content (AvgIpc) is 2.90. The van der Waals surface area contributed by atoms with Crippen molar-refractivity contribution in [1.29, 1.82) is 0 Å². The number of aromatic nitrogens is 2. The van der Waals surface area contributed by atoms with E-state index in [1.54, 1.807) is 16.0 Å². The minimum atomic E-state index is -3.49. The van der Waals surface area contributed by atoms with Crippen LogP contribution in [-0.4, -0.2) is 34.6 Å². The van der Waals surface area contributed by atoms with E-state index >= 15 is 0 Å². The van der Waals surface area contributed by atoms with Gasteiger partial charge >= 0.3 is 0 Å². The van der Waals surface area contributed by atoms with Crippen molar-refractivity contribution in [1.82, 2.24) is 14.1 Å². The molecule has 5 nitrogen and oxygen atoms in total. The van der Waals surface area contributed by atoms with Crippen LogP contribution in [0.1, 0.15) is 45.7 Å². The molecule has 0 aromatic carbocycles. The summed E-state index contributed by atoms with van der Waals surface area (Å²) in [6, 6.07) is 0. The zero-order valence-electron chi connectivity index (χ0n) is 13.5. The van der Waals surface area contributed by atoms with Gasteiger partial charge in [-0.05, 0) is 51.4 Å². The molecule has 3 rings (SSSR count). The van der Waals surface area contributed by atoms with Crippen molar-refractivity contribution in [3.63, 3.8) is 0 Å². The van der Waals surface area contributed by atoms with Crippen LogP contribution in [0.3, 0.4) is 0 Å². The van der Waals surface area contributed by atoms with Crippen LogP contribution in [0, 0.1) is 18.3 Å². The zero-order chi connectivity index (χ0) is 15.6. The molecule has 1 aliphatic carbocycles. The minimum absolute atomic E-state index is 0.128. The Bertz CT molecular complexity index is 677. The maximum atomic E-state index is 13.2. The lowest BCUT2D eigenvalue weighted by Crippen LogP contribution is -2.57. The van der Waals surface area contributed by atoms with Gasteiger partial charge in [-0.15, -0.1) is 0 Å². The Kier molecular flexibility index (Phi) is 3.09. The topological polar surface area (TPSA) is 55.2 Å². The number of aryl methyl sites for hydroxylation is 1. The lowest BCUT2D eigenvalue weighted by molar-refractivity contribution is 0.0606. The molecule has 1 aromatic rings. The predicted molar refractivity (Wildman–Crippen MR) is 81.4 cm³/mol. The summed E-state index contributed by atoms with van der Waals surface area (Å²) >= 11 is 0. The fourth-order valence-corrected chi connectivity index (χ4v) is 6.24. The fourth-order valence-electron chi connectivity index (χ4n) is 4.07. The average molecular weight is 311 g/mol. The van der Waals surface area contributed by atoms with Gasteiger partial charge in [0.1, 0.15) is 4.90 Å². The third-order valence-corrected chi connectivity index (χ3v) is 7.90. The molecule has 0 unspecified atom stereocenters. The highest BCUT2D eigenvalue weighted by atomic mass is 32.2. The SMILES string of the molecule is Cc1c(S(=O)(=O)N2C[C@]3(C)CC[C@@H](C3)C2(C)C)cnn1C. The Hall–Kier alpha value is -0.880. The van der Waals surface area contributed by atoms with Crippen molar-refractivity contribution < 1.29 is 8.42 Å². The van der Waals surface area contributed by atoms with E-state index in [0.717, 1.165) is 19.3 Å². The molecule has 2 heterocycles. The minimum Gasteiger partial charge on any atom is -0.272 e. The van der Waals surface area contributed by atoms with E-state index < -0.39 is 10.0 Å². The maximum Gasteiger partial charge on any atom is 0.246 e. The fraction of sp³-hybridized carbons (Fsp3) is 0.800. The third-order valence-electron chi connectivity index (χ3n) is 5.76. The smallest absolute Gasteiger partial charge is 0.246 e. The predicted octanol–water partition coefficient (Wildman–Crippen LogP) is 2.32. The molecule has 0 N–H and O–H groups in total. The quantitative estimate of drug-likeness (QED) is 0.842. The second-order valence-electron chi connectivity index (χ2n) is 7.63. The van der Waals surface area contributed by atoms with Crippen molar-refractivity contribution in [3.05, 3.63) is 11.9 Å². The van der Waals surface area contributed by atoms with Crippen LogP contribution in [-0.2, 0) is 17.1 Å². The van der Waals surface area contributed by atoms with E-state index in [2.05, 4.69) is 25.9 Å². The molecule has 2 bridgehead atoms. The molecule has 1 aliphatic heterocycles. The van der Waals surface area contributed by atoms with Gasteiger partial charge in [-0.25, -0.2) is 8.42 Å². The van der Waals surface area contributed by atoms with Gasteiger partial charge in [-0.3, -0.25) is 4.68 Å². The molecular formula is C15H25N3O2S. The maximum absolute atomic E-state index is 13.2. The standard InChI is InChI=1S/C15H25N3O2S/c1-11-13(9-16-17(11)5)21(19,20)18-10-15(4)7-6-12(8-15)14(18,2)3/h9,12H,6-8,10H2,1-5H3/t12-,15+/m0/s1. The summed E-state index contributed by atoms with van der Waals surface area (Å²) in [6.07, 6.45) is 4.87. The first-order chi connectivity index (χ1) is 9.58. The first-order valence-corrected chi connectivity index (χ1v) is 9.03. The van der Waals surface area contributed by atoms with Gasteiger partial charge in [0.15, 0.2) is 0 Å². The molecule has 6 heteroatoms. The van der Waals surface area contributed by atoms with Crippen LogP contribution in [0.2, 0.25) is 0 Å². The summed E-state index contributed by atoms with van der Waals surface area (Å²) in [6.45, 7) is 8.80. The summed E-state index contributed by atoms with van der Waals surface area (Å²) in [5.41, 5.74) is 0.509. The van der Waals surface area contributed by atoms with E-state index in [1.165, 1.54) is 6.20 Å². The molecule has 1 saturated carbocycles. The van der Waals surface area contributed by atoms with Crippen LogP contribution in [0.25, 0.3) is 0 Å². The monoisotopic (exact) mass is 311 g/mol. The molecule has 118 valence electrons. The number of hydrogen-bond donors (Lipinski definition) is 0. The Morgan fingerprint density at radius 3 is 2.57 bits per heavy atom. The largest absolute Gasteiger partial charge is 0.272 e. The van der Waals surface area contributed by atoms with E-state index in [1.807, 2.05) is 6.92 Å². The van der Waals surface area contributed by atoms with Gasteiger partial charge in [0.05, 0.1) is 11.9 Å². The molecular weight excluding hydrogens is 286 g/mol. The first kappa shape index (κ1) is 15.0. The summed E-state index contributed by atoms with van der Waals surface area (Å²) in [5.74, 6) is 0.447. The first-order valence-electron chi connectivity index (χ1n) is 7.59. The van der Waals surface area contributed by atoms with E-state index in [-0.39, 0.29) is 11.0 Å². The van der Waals surface area contributed by atoms with Crippen molar-refractivity contribution >= 4 is 10.0 Å². The summed E-state index contributed by atoms with van der Waals surface area (Å²) in [5, 5.41) is 4.11. The lowest BCUT2D eigenvalue weighted by atomic mass is 9.77. The van der Waals surface area contributed by atoms with Crippen molar-refractivity contribution in [2.75, 3.05) is 6.54 Å². The zero-order valence-corrected chi connectivity index (χ0v) is 14.4.